The quantitative estimate of drug-likeness (QED) is 0.830. The molecule has 0 aliphatic heterocycles. The van der Waals surface area contributed by atoms with E-state index in [1.807, 2.05) is 0 Å². The molecule has 1 aliphatic rings. The summed E-state index contributed by atoms with van der Waals surface area (Å²) in [5.74, 6) is 0.909. The van der Waals surface area contributed by atoms with Crippen LogP contribution in [0.2, 0.25) is 0 Å². The molecule has 20 heavy (non-hydrogen) atoms. The van der Waals surface area contributed by atoms with Gasteiger partial charge in [0.25, 0.3) is 5.91 Å². The third-order valence-corrected chi connectivity index (χ3v) is 4.23. The molecule has 3 nitrogen and oxygen atoms in total. The van der Waals surface area contributed by atoms with Crippen LogP contribution in [0.4, 0.5) is 10.1 Å². The zero-order valence-electron chi connectivity index (χ0n) is 12.0. The molecule has 0 aromatic heterocycles. The molecule has 0 atom stereocenters. The summed E-state index contributed by atoms with van der Waals surface area (Å²) < 4.78 is 13.0. The molecule has 110 valence electrons. The van der Waals surface area contributed by atoms with E-state index in [2.05, 4.69) is 12.2 Å². The molecule has 0 unspecified atom stereocenters. The third-order valence-electron chi connectivity index (χ3n) is 4.23. The Morgan fingerprint density at radius 1 is 1.35 bits per heavy atom. The summed E-state index contributed by atoms with van der Waals surface area (Å²) in [6.07, 6.45) is 6.15. The molecule has 0 heterocycles. The fourth-order valence-electron chi connectivity index (χ4n) is 2.79. The van der Waals surface area contributed by atoms with Crippen molar-refractivity contribution in [3.63, 3.8) is 0 Å². The maximum atomic E-state index is 13.0. The minimum absolute atomic E-state index is 0.0129. The normalized spacial score (nSPS) is 22.5. The van der Waals surface area contributed by atoms with Crippen LogP contribution in [0.1, 0.15) is 49.4 Å². The van der Waals surface area contributed by atoms with Gasteiger partial charge < -0.3 is 11.1 Å². The molecule has 1 fully saturated rings. The second kappa shape index (κ2) is 6.73. The van der Waals surface area contributed by atoms with Crippen molar-refractivity contribution in [2.45, 2.75) is 39.0 Å². The minimum Gasteiger partial charge on any atom is -0.396 e. The van der Waals surface area contributed by atoms with Crippen LogP contribution >= 0.6 is 0 Å². The maximum Gasteiger partial charge on any atom is 0.251 e. The zero-order chi connectivity index (χ0) is 14.5. The van der Waals surface area contributed by atoms with Crippen molar-refractivity contribution >= 4 is 11.6 Å². The van der Waals surface area contributed by atoms with Crippen LogP contribution in [0.3, 0.4) is 0 Å². The van der Waals surface area contributed by atoms with Gasteiger partial charge in [-0.05, 0) is 36.5 Å². The average Bonchev–Trinajstić information content (AvgIpc) is 2.44. The van der Waals surface area contributed by atoms with E-state index in [9.17, 15) is 9.18 Å². The van der Waals surface area contributed by atoms with Gasteiger partial charge in [-0.2, -0.15) is 0 Å². The van der Waals surface area contributed by atoms with Crippen molar-refractivity contribution in [1.29, 1.82) is 0 Å². The summed E-state index contributed by atoms with van der Waals surface area (Å²) in [5.41, 5.74) is 5.89. The summed E-state index contributed by atoms with van der Waals surface area (Å²) in [4.78, 5) is 11.9. The molecule has 1 aliphatic carbocycles. The zero-order valence-corrected chi connectivity index (χ0v) is 12.0. The van der Waals surface area contributed by atoms with E-state index in [4.69, 9.17) is 5.73 Å². The summed E-state index contributed by atoms with van der Waals surface area (Å²) in [5, 5.41) is 2.89. The fraction of sp³-hybridized carbons (Fsp3) is 0.562. The highest BCUT2D eigenvalue weighted by molar-refractivity contribution is 5.94. The van der Waals surface area contributed by atoms with Gasteiger partial charge in [-0.25, -0.2) is 4.39 Å². The number of nitrogen functional groups attached to an aromatic ring is 1. The second-order valence-corrected chi connectivity index (χ2v) is 5.91. The summed E-state index contributed by atoms with van der Waals surface area (Å²) in [6, 6.07) is 4.07. The molecule has 0 bridgehead atoms. The molecular weight excluding hydrogens is 255 g/mol. The molecule has 2 rings (SSSR count). The van der Waals surface area contributed by atoms with E-state index in [0.717, 1.165) is 18.3 Å². The van der Waals surface area contributed by atoms with Gasteiger partial charge in [0.05, 0.1) is 5.69 Å². The number of halogens is 1. The first kappa shape index (κ1) is 14.8. The second-order valence-electron chi connectivity index (χ2n) is 5.91. The van der Waals surface area contributed by atoms with Crippen LogP contribution in [0.5, 0.6) is 0 Å². The third kappa shape index (κ3) is 3.95. The largest absolute Gasteiger partial charge is 0.396 e. The lowest BCUT2D eigenvalue weighted by Crippen LogP contribution is -2.27. The monoisotopic (exact) mass is 278 g/mol. The van der Waals surface area contributed by atoms with Crippen molar-refractivity contribution in [1.82, 2.24) is 5.32 Å². The van der Waals surface area contributed by atoms with Gasteiger partial charge >= 0.3 is 0 Å². The Morgan fingerprint density at radius 3 is 2.70 bits per heavy atom. The number of hydrogen-bond acceptors (Lipinski definition) is 2. The van der Waals surface area contributed by atoms with Crippen LogP contribution in [0.25, 0.3) is 0 Å². The highest BCUT2D eigenvalue weighted by Crippen LogP contribution is 2.29. The predicted octanol–water partition coefficient (Wildman–Crippen LogP) is 3.35. The number of amides is 1. The molecular formula is C16H23FN2O. The molecule has 1 aromatic rings. The van der Waals surface area contributed by atoms with Crippen molar-refractivity contribution < 1.29 is 9.18 Å². The molecule has 1 aromatic carbocycles. The van der Waals surface area contributed by atoms with Crippen LogP contribution in [-0.4, -0.2) is 12.5 Å². The SMILES string of the molecule is CC1CCC(CCNC(=O)c2ccc(F)c(N)c2)CC1. The van der Waals surface area contributed by atoms with Gasteiger partial charge in [-0.1, -0.05) is 32.6 Å². The molecule has 3 N–H and O–H groups in total. The predicted molar refractivity (Wildman–Crippen MR) is 78.9 cm³/mol. The number of nitrogens with one attached hydrogen (secondary N) is 1. The first-order valence-corrected chi connectivity index (χ1v) is 7.39. The first-order chi connectivity index (χ1) is 9.56. The van der Waals surface area contributed by atoms with Gasteiger partial charge in [0.15, 0.2) is 0 Å². The lowest BCUT2D eigenvalue weighted by atomic mass is 9.81. The molecule has 0 spiro atoms. The van der Waals surface area contributed by atoms with E-state index in [1.54, 1.807) is 0 Å². The number of anilines is 1. The van der Waals surface area contributed by atoms with Crippen molar-refractivity contribution in [3.8, 4) is 0 Å². The Hall–Kier alpha value is -1.58. The van der Waals surface area contributed by atoms with E-state index in [0.29, 0.717) is 12.1 Å². The van der Waals surface area contributed by atoms with Gasteiger partial charge in [0, 0.05) is 12.1 Å². The van der Waals surface area contributed by atoms with Crippen molar-refractivity contribution in [3.05, 3.63) is 29.6 Å². The summed E-state index contributed by atoms with van der Waals surface area (Å²) in [6.45, 7) is 2.98. The first-order valence-electron chi connectivity index (χ1n) is 7.39. The number of hydrogen-bond donors (Lipinski definition) is 2. The molecule has 0 saturated heterocycles. The Bertz CT molecular complexity index is 468. The number of carbonyl (C=O) groups excluding carboxylic acids is 1. The van der Waals surface area contributed by atoms with E-state index in [1.165, 1.54) is 43.9 Å². The Balaban J connectivity index is 1.76. The van der Waals surface area contributed by atoms with E-state index >= 15 is 0 Å². The van der Waals surface area contributed by atoms with Crippen LogP contribution in [0, 0.1) is 17.7 Å². The smallest absolute Gasteiger partial charge is 0.251 e. The standard InChI is InChI=1S/C16H23FN2O/c1-11-2-4-12(5-3-11)8-9-19-16(20)13-6-7-14(17)15(18)10-13/h6-7,10-12H,2-5,8-9,18H2,1H3,(H,19,20). The Kier molecular flexibility index (Phi) is 4.99. The van der Waals surface area contributed by atoms with Gasteiger partial charge in [0.2, 0.25) is 0 Å². The van der Waals surface area contributed by atoms with Crippen molar-refractivity contribution in [2.75, 3.05) is 12.3 Å². The number of carbonyl (C=O) groups is 1. The lowest BCUT2D eigenvalue weighted by molar-refractivity contribution is 0.0949. The van der Waals surface area contributed by atoms with Crippen LogP contribution in [-0.2, 0) is 0 Å². The molecule has 1 amide bonds. The van der Waals surface area contributed by atoms with E-state index < -0.39 is 5.82 Å². The lowest BCUT2D eigenvalue weighted by Gasteiger charge is -2.26. The van der Waals surface area contributed by atoms with E-state index in [-0.39, 0.29) is 11.6 Å². The Morgan fingerprint density at radius 2 is 2.05 bits per heavy atom. The summed E-state index contributed by atoms with van der Waals surface area (Å²) in [7, 11) is 0. The summed E-state index contributed by atoms with van der Waals surface area (Å²) >= 11 is 0. The minimum atomic E-state index is -0.488. The van der Waals surface area contributed by atoms with Crippen LogP contribution < -0.4 is 11.1 Å². The maximum absolute atomic E-state index is 13.0. The van der Waals surface area contributed by atoms with Gasteiger partial charge in [-0.3, -0.25) is 4.79 Å². The highest BCUT2D eigenvalue weighted by Gasteiger charge is 2.18. The number of nitrogens with two attached hydrogens (primary N) is 1. The number of rotatable bonds is 4. The molecule has 4 heteroatoms. The van der Waals surface area contributed by atoms with Crippen molar-refractivity contribution in [2.24, 2.45) is 11.8 Å². The highest BCUT2D eigenvalue weighted by atomic mass is 19.1. The van der Waals surface area contributed by atoms with Gasteiger partial charge in [-0.15, -0.1) is 0 Å². The Labute approximate surface area is 119 Å². The number of benzene rings is 1. The average molecular weight is 278 g/mol. The van der Waals surface area contributed by atoms with Gasteiger partial charge in [0.1, 0.15) is 5.82 Å². The fourth-order valence-corrected chi connectivity index (χ4v) is 2.79. The molecule has 1 saturated carbocycles. The van der Waals surface area contributed by atoms with Crippen LogP contribution in [0.15, 0.2) is 18.2 Å². The molecule has 0 radical (unpaired) electrons. The topological polar surface area (TPSA) is 55.1 Å².